The van der Waals surface area contributed by atoms with Gasteiger partial charge in [0.05, 0.1) is 13.0 Å². The number of esters is 2. The lowest BCUT2D eigenvalue weighted by Gasteiger charge is -2.36. The minimum Gasteiger partial charge on any atom is -0.481 e. The molecule has 0 spiro atoms. The van der Waals surface area contributed by atoms with Crippen molar-refractivity contribution >= 4 is 47.8 Å². The molecule has 0 saturated heterocycles. The third-order valence-electron chi connectivity index (χ3n) is 11.7. The number of rotatable bonds is 27. The Hall–Kier alpha value is -6.70. The van der Waals surface area contributed by atoms with E-state index in [1.165, 1.54) is 0 Å². The maximum absolute atomic E-state index is 13.3. The number of allylic oxidation sites excluding steroid dienone is 20. The molecule has 0 heterocycles. The van der Waals surface area contributed by atoms with Crippen molar-refractivity contribution < 1.29 is 57.7 Å². The number of ketones is 3. The largest absolute Gasteiger partial charge is 0.481 e. The minimum atomic E-state index is -0.976. The molecule has 70 heavy (non-hydrogen) atoms. The molecular weight excluding hydrogens is 893 g/mol. The summed E-state index contributed by atoms with van der Waals surface area (Å²) in [7, 11) is 0. The molecule has 2 atom stereocenters. The number of carbonyl (C=O) groups excluding carboxylic acids is 7. The van der Waals surface area contributed by atoms with E-state index in [1.807, 2.05) is 140 Å². The van der Waals surface area contributed by atoms with E-state index in [-0.39, 0.29) is 69.0 Å². The molecule has 0 unspecified atom stereocenters. The van der Waals surface area contributed by atoms with Gasteiger partial charge in [-0.2, -0.15) is 0 Å². The lowest BCUT2D eigenvalue weighted by Crippen LogP contribution is -2.43. The van der Waals surface area contributed by atoms with E-state index in [4.69, 9.17) is 14.6 Å². The summed E-state index contributed by atoms with van der Waals surface area (Å²) in [5.74, 6) is -2.88. The number of amides is 2. The van der Waals surface area contributed by atoms with Crippen molar-refractivity contribution in [2.24, 2.45) is 10.8 Å². The molecule has 0 radical (unpaired) electrons. The standard InChI is InChI=1S/C56H74N2O12/c1-38(20-15-22-40(3)26-29-45-42(5)52(65)47(34-55(45,7)8)69-50(63)31-28-44(60)24-13-14-33-68-37-59)18-11-12-19-39(2)21-16-23-41(4)27-30-46-43(6)53(66)48(35-56(46,9)10)70-51(64)36-58-54(67)57-32-17-25-49(61)62/h11-12,15-16,18-23,26-27,29-30,37,47-48H,13-14,17,24-25,28,31-36H2,1-10H3,(H,61,62)(H2,57,58,67)/b12-11+,20-15+,21-16+,29-26+,30-27+,38-18+,39-19+,40-22+,41-23+/t47-,48-/m0/s1. The minimum absolute atomic E-state index is 0.0399. The van der Waals surface area contributed by atoms with Gasteiger partial charge in [-0.25, -0.2) is 4.79 Å². The molecule has 2 amide bonds. The van der Waals surface area contributed by atoms with Gasteiger partial charge in [-0.15, -0.1) is 0 Å². The van der Waals surface area contributed by atoms with Crippen LogP contribution in [0.25, 0.3) is 0 Å². The van der Waals surface area contributed by atoms with Crippen LogP contribution in [0.4, 0.5) is 4.79 Å². The Bertz CT molecular complexity index is 2290. The van der Waals surface area contributed by atoms with E-state index in [0.717, 1.165) is 33.4 Å². The Morgan fingerprint density at radius 2 is 1.09 bits per heavy atom. The second-order valence-electron chi connectivity index (χ2n) is 18.9. The third kappa shape index (κ3) is 22.2. The molecule has 0 aliphatic heterocycles. The van der Waals surface area contributed by atoms with Crippen LogP contribution in [0, 0.1) is 10.8 Å². The number of urea groups is 1. The van der Waals surface area contributed by atoms with E-state index >= 15 is 0 Å². The van der Waals surface area contributed by atoms with Crippen LogP contribution in [0.5, 0.6) is 0 Å². The van der Waals surface area contributed by atoms with E-state index in [9.17, 15) is 38.4 Å². The van der Waals surface area contributed by atoms with Gasteiger partial charge in [-0.05, 0) is 93.9 Å². The fourth-order valence-corrected chi connectivity index (χ4v) is 7.75. The maximum Gasteiger partial charge on any atom is 0.326 e. The van der Waals surface area contributed by atoms with Crippen LogP contribution < -0.4 is 10.6 Å². The summed E-state index contributed by atoms with van der Waals surface area (Å²) in [6.45, 7) is 19.8. The van der Waals surface area contributed by atoms with Crippen molar-refractivity contribution in [2.45, 2.75) is 139 Å². The van der Waals surface area contributed by atoms with Crippen LogP contribution in [0.15, 0.2) is 130 Å². The Morgan fingerprint density at radius 1 is 0.614 bits per heavy atom. The molecule has 0 bridgehead atoms. The molecule has 0 fully saturated rings. The summed E-state index contributed by atoms with van der Waals surface area (Å²) in [6.07, 6.45) is 27.9. The van der Waals surface area contributed by atoms with Gasteiger partial charge < -0.3 is 30.0 Å². The van der Waals surface area contributed by atoms with Crippen LogP contribution in [-0.4, -0.2) is 84.8 Å². The Balaban J connectivity index is 1.91. The van der Waals surface area contributed by atoms with Crippen LogP contribution in [0.3, 0.4) is 0 Å². The molecule has 3 N–H and O–H groups in total. The van der Waals surface area contributed by atoms with Crippen LogP contribution in [-0.2, 0) is 47.8 Å². The first-order valence-electron chi connectivity index (χ1n) is 23.8. The number of hydrogen-bond donors (Lipinski definition) is 3. The summed E-state index contributed by atoms with van der Waals surface area (Å²) in [6, 6.07) is -0.631. The Labute approximate surface area is 414 Å². The highest BCUT2D eigenvalue weighted by atomic mass is 16.6. The number of hydrogen-bond acceptors (Lipinski definition) is 11. The molecule has 0 aromatic carbocycles. The molecule has 0 aromatic heterocycles. The van der Waals surface area contributed by atoms with Crippen LogP contribution in [0.1, 0.15) is 127 Å². The zero-order chi connectivity index (χ0) is 52.4. The van der Waals surface area contributed by atoms with E-state index < -0.39 is 53.5 Å². The predicted molar refractivity (Wildman–Crippen MR) is 271 cm³/mol. The average Bonchev–Trinajstić information content (AvgIpc) is 3.28. The van der Waals surface area contributed by atoms with E-state index in [2.05, 4.69) is 15.4 Å². The van der Waals surface area contributed by atoms with Crippen molar-refractivity contribution in [3.05, 3.63) is 130 Å². The van der Waals surface area contributed by atoms with Crippen molar-refractivity contribution in [2.75, 3.05) is 19.7 Å². The second-order valence-corrected chi connectivity index (χ2v) is 18.9. The number of nitrogens with one attached hydrogen (secondary N) is 2. The molecule has 380 valence electrons. The van der Waals surface area contributed by atoms with Crippen LogP contribution in [0.2, 0.25) is 0 Å². The first kappa shape index (κ1) is 59.4. The monoisotopic (exact) mass is 967 g/mol. The number of carboxylic acid groups (broad SMARTS) is 1. The molecule has 2 aliphatic carbocycles. The lowest BCUT2D eigenvalue weighted by molar-refractivity contribution is -0.156. The van der Waals surface area contributed by atoms with Crippen molar-refractivity contribution in [3.63, 3.8) is 0 Å². The second kappa shape index (κ2) is 30.0. The zero-order valence-electron chi connectivity index (χ0n) is 42.7. The summed E-state index contributed by atoms with van der Waals surface area (Å²) >= 11 is 0. The smallest absolute Gasteiger partial charge is 0.326 e. The Kier molecular flexibility index (Phi) is 25.5. The zero-order valence-corrected chi connectivity index (χ0v) is 42.7. The molecule has 0 aromatic rings. The number of ether oxygens (including phenoxy) is 3. The molecule has 2 rings (SSSR count). The summed E-state index contributed by atoms with van der Waals surface area (Å²) in [4.78, 5) is 96.4. The number of unbranched alkanes of at least 4 members (excludes halogenated alkanes) is 1. The molecular formula is C56H74N2O12. The first-order chi connectivity index (χ1) is 33.0. The average molecular weight is 967 g/mol. The van der Waals surface area contributed by atoms with Crippen LogP contribution >= 0.6 is 0 Å². The van der Waals surface area contributed by atoms with Gasteiger partial charge in [0.1, 0.15) is 12.3 Å². The number of Topliss-reactive ketones (excluding diaryl/α,β-unsaturated/α-hetero) is 3. The van der Waals surface area contributed by atoms with Crippen molar-refractivity contribution in [3.8, 4) is 0 Å². The van der Waals surface area contributed by atoms with Gasteiger partial charge >= 0.3 is 23.9 Å². The molecule has 14 heteroatoms. The van der Waals surface area contributed by atoms with Gasteiger partial charge in [-0.3, -0.25) is 33.6 Å². The quantitative estimate of drug-likeness (QED) is 0.0231. The number of carboxylic acids is 1. The SMILES string of the molecule is CC1=C(/C=C/C(C)=C/C=C/C(C)=C/C=C/C=C(C)/C=C/C=C(C)/C=C/C2=C(C)C(=O)[C@@H](OC(=O)CNC(=O)NCCCC(=O)O)CC2(C)C)C(C)(C)C[C@H](OC(=O)CCC(=O)CCCCOC=O)C1=O. The van der Waals surface area contributed by atoms with Gasteiger partial charge in [0, 0.05) is 38.6 Å². The highest BCUT2D eigenvalue weighted by Crippen LogP contribution is 2.42. The van der Waals surface area contributed by atoms with E-state index in [0.29, 0.717) is 36.9 Å². The normalized spacial score (nSPS) is 19.2. The predicted octanol–water partition coefficient (Wildman–Crippen LogP) is 9.86. The van der Waals surface area contributed by atoms with E-state index in [1.54, 1.807) is 13.8 Å². The summed E-state index contributed by atoms with van der Waals surface area (Å²) < 4.78 is 15.6. The highest BCUT2D eigenvalue weighted by molar-refractivity contribution is 6.02. The van der Waals surface area contributed by atoms with Gasteiger partial charge in [-0.1, -0.05) is 135 Å². The molecule has 2 aliphatic rings. The molecule has 0 saturated carbocycles. The van der Waals surface area contributed by atoms with Gasteiger partial charge in [0.2, 0.25) is 0 Å². The number of carbonyl (C=O) groups is 8. The van der Waals surface area contributed by atoms with Gasteiger partial charge in [0.15, 0.2) is 23.8 Å². The topological polar surface area (TPSA) is 209 Å². The fourth-order valence-electron chi connectivity index (χ4n) is 7.75. The summed E-state index contributed by atoms with van der Waals surface area (Å²) in [5.41, 5.74) is 5.93. The van der Waals surface area contributed by atoms with Gasteiger partial charge in [0.25, 0.3) is 6.47 Å². The molecule has 14 nitrogen and oxygen atoms in total. The highest BCUT2D eigenvalue weighted by Gasteiger charge is 2.41. The van der Waals surface area contributed by atoms with Crippen molar-refractivity contribution in [1.82, 2.24) is 10.6 Å². The Morgan fingerprint density at radius 3 is 1.57 bits per heavy atom. The first-order valence-corrected chi connectivity index (χ1v) is 23.8. The fraction of sp³-hybridized carbons (Fsp3) is 0.464. The summed E-state index contributed by atoms with van der Waals surface area (Å²) in [5, 5.41) is 13.5. The third-order valence-corrected chi connectivity index (χ3v) is 11.7. The lowest BCUT2D eigenvalue weighted by atomic mass is 9.71. The number of aliphatic carboxylic acids is 1. The van der Waals surface area contributed by atoms with Crippen molar-refractivity contribution in [1.29, 1.82) is 0 Å². The maximum atomic E-state index is 13.3.